The van der Waals surface area contributed by atoms with Crippen molar-refractivity contribution in [3.05, 3.63) is 58.4 Å². The van der Waals surface area contributed by atoms with Crippen LogP contribution in [0.15, 0.2) is 52.2 Å². The van der Waals surface area contributed by atoms with Crippen molar-refractivity contribution in [3.63, 3.8) is 0 Å². The van der Waals surface area contributed by atoms with Gasteiger partial charge in [0.25, 0.3) is 0 Å². The molecular weight excluding hydrogens is 366 g/mol. The van der Waals surface area contributed by atoms with E-state index >= 15 is 0 Å². The average molecular weight is 379 g/mol. The van der Waals surface area contributed by atoms with Gasteiger partial charge in [-0.05, 0) is 18.2 Å². The summed E-state index contributed by atoms with van der Waals surface area (Å²) < 4.78 is 10.7. The molecule has 0 saturated carbocycles. The summed E-state index contributed by atoms with van der Waals surface area (Å²) in [5.41, 5.74) is 4.37. The smallest absolute Gasteiger partial charge is 0.315 e. The van der Waals surface area contributed by atoms with Gasteiger partial charge in [-0.3, -0.25) is 15.5 Å². The second kappa shape index (κ2) is 6.83. The quantitative estimate of drug-likeness (QED) is 0.306. The van der Waals surface area contributed by atoms with Crippen molar-refractivity contribution in [1.29, 1.82) is 0 Å². The number of rotatable bonds is 5. The van der Waals surface area contributed by atoms with Crippen LogP contribution in [0.25, 0.3) is 22.1 Å². The highest BCUT2D eigenvalue weighted by molar-refractivity contribution is 6.05. The minimum atomic E-state index is -0.703. The number of aromatic nitrogens is 2. The molecule has 0 saturated heterocycles. The van der Waals surface area contributed by atoms with Crippen LogP contribution < -0.4 is 10.2 Å². The molecule has 0 spiro atoms. The van der Waals surface area contributed by atoms with Crippen LogP contribution >= 0.6 is 0 Å². The van der Waals surface area contributed by atoms with Gasteiger partial charge in [0.15, 0.2) is 17.2 Å². The molecule has 0 bridgehead atoms. The molecule has 0 fully saturated rings. The van der Waals surface area contributed by atoms with Crippen LogP contribution in [0.1, 0.15) is 5.56 Å². The topological polar surface area (TPSA) is 136 Å². The maximum Gasteiger partial charge on any atom is 0.315 e. The number of nitro benzene ring substituents is 1. The summed E-state index contributed by atoms with van der Waals surface area (Å²) in [4.78, 5) is 18.7. The molecule has 0 radical (unpaired) electrons. The molecular formula is C18H13N5O5. The number of anilines is 1. The summed E-state index contributed by atoms with van der Waals surface area (Å²) in [7, 11) is 1.30. The summed E-state index contributed by atoms with van der Waals surface area (Å²) in [5.74, 6) is -0.229. The Morgan fingerprint density at radius 2 is 2.14 bits per heavy atom. The number of nitrogens with zero attached hydrogens (tertiary/aromatic N) is 4. The van der Waals surface area contributed by atoms with Crippen LogP contribution in [0.5, 0.6) is 11.5 Å². The van der Waals surface area contributed by atoms with Crippen molar-refractivity contribution in [2.75, 3.05) is 12.5 Å². The monoisotopic (exact) mass is 379 g/mol. The third-order valence-electron chi connectivity index (χ3n) is 4.04. The number of nitro groups is 1. The lowest BCUT2D eigenvalue weighted by atomic mass is 10.2. The molecule has 28 heavy (non-hydrogen) atoms. The Morgan fingerprint density at radius 3 is 2.93 bits per heavy atom. The van der Waals surface area contributed by atoms with E-state index in [0.29, 0.717) is 28.1 Å². The average Bonchev–Trinajstić information content (AvgIpc) is 3.08. The Kier molecular flexibility index (Phi) is 4.20. The van der Waals surface area contributed by atoms with Gasteiger partial charge in [0.1, 0.15) is 17.4 Å². The molecule has 2 aromatic carbocycles. The third-order valence-corrected chi connectivity index (χ3v) is 4.04. The van der Waals surface area contributed by atoms with E-state index in [1.165, 1.54) is 31.8 Å². The van der Waals surface area contributed by atoms with Crippen LogP contribution in [0.2, 0.25) is 0 Å². The lowest BCUT2D eigenvalue weighted by Crippen LogP contribution is -1.97. The molecule has 0 aliphatic rings. The Hall–Kier alpha value is -4.21. The number of para-hydroxylation sites is 1. The third kappa shape index (κ3) is 2.92. The van der Waals surface area contributed by atoms with Gasteiger partial charge in [0.2, 0.25) is 5.75 Å². The van der Waals surface area contributed by atoms with Crippen molar-refractivity contribution < 1.29 is 19.2 Å². The minimum absolute atomic E-state index is 0.0302. The Morgan fingerprint density at radius 1 is 1.32 bits per heavy atom. The van der Waals surface area contributed by atoms with E-state index in [4.69, 9.17) is 9.15 Å². The van der Waals surface area contributed by atoms with E-state index in [0.717, 1.165) is 5.39 Å². The molecule has 140 valence electrons. The van der Waals surface area contributed by atoms with Crippen molar-refractivity contribution >= 4 is 39.8 Å². The van der Waals surface area contributed by atoms with Gasteiger partial charge in [-0.1, -0.05) is 12.1 Å². The number of methoxy groups -OCH3 is 1. The molecule has 2 N–H and O–H groups in total. The van der Waals surface area contributed by atoms with E-state index in [1.807, 2.05) is 24.3 Å². The van der Waals surface area contributed by atoms with Crippen molar-refractivity contribution in [1.82, 2.24) is 9.97 Å². The molecule has 2 heterocycles. The number of furan rings is 1. The molecule has 4 aromatic rings. The van der Waals surface area contributed by atoms with Crippen molar-refractivity contribution in [3.8, 4) is 11.5 Å². The first kappa shape index (κ1) is 17.2. The van der Waals surface area contributed by atoms with Crippen LogP contribution in [0.4, 0.5) is 11.5 Å². The maximum atomic E-state index is 11.1. The number of benzene rings is 2. The number of aromatic hydroxyl groups is 1. The fraction of sp³-hybridized carbons (Fsp3) is 0.0556. The lowest BCUT2D eigenvalue weighted by molar-refractivity contribution is -0.386. The standard InChI is InChI=1S/C18H13N5O5/c1-27-14-7-10(6-12(16(14)24)23(25)26)8-21-22-18-17-15(19-9-20-18)11-4-2-3-5-13(11)28-17/h2-9,24H,1H3,(H,19,20,22)/b21-8-. The summed E-state index contributed by atoms with van der Waals surface area (Å²) in [6.07, 6.45) is 2.72. The first-order valence-corrected chi connectivity index (χ1v) is 8.05. The number of phenols is 1. The molecule has 2 aromatic heterocycles. The second-order valence-electron chi connectivity index (χ2n) is 5.72. The maximum absolute atomic E-state index is 11.1. The molecule has 0 amide bonds. The SMILES string of the molecule is COc1cc(/C=N\Nc2ncnc3c2oc2ccccc23)cc([N+](=O)[O-])c1O. The molecule has 0 unspecified atom stereocenters. The van der Waals surface area contributed by atoms with Gasteiger partial charge >= 0.3 is 5.69 Å². The highest BCUT2D eigenvalue weighted by Gasteiger charge is 2.19. The largest absolute Gasteiger partial charge is 0.500 e. The summed E-state index contributed by atoms with van der Waals surface area (Å²) >= 11 is 0. The number of fused-ring (bicyclic) bond motifs is 3. The highest BCUT2D eigenvalue weighted by atomic mass is 16.6. The summed E-state index contributed by atoms with van der Waals surface area (Å²) in [6.45, 7) is 0. The zero-order chi connectivity index (χ0) is 19.7. The van der Waals surface area contributed by atoms with Crippen LogP contribution in [-0.2, 0) is 0 Å². The minimum Gasteiger partial charge on any atom is -0.500 e. The van der Waals surface area contributed by atoms with E-state index in [2.05, 4.69) is 20.5 Å². The second-order valence-corrected chi connectivity index (χ2v) is 5.72. The van der Waals surface area contributed by atoms with Crippen LogP contribution in [-0.4, -0.2) is 33.3 Å². The fourth-order valence-corrected chi connectivity index (χ4v) is 2.75. The number of hydrogen-bond donors (Lipinski definition) is 2. The van der Waals surface area contributed by atoms with Gasteiger partial charge in [-0.2, -0.15) is 5.10 Å². The fourth-order valence-electron chi connectivity index (χ4n) is 2.75. The van der Waals surface area contributed by atoms with Gasteiger partial charge in [0, 0.05) is 17.0 Å². The highest BCUT2D eigenvalue weighted by Crippen LogP contribution is 2.36. The predicted octanol–water partition coefficient (Wildman–Crippen LogP) is 3.44. The molecule has 0 aliphatic heterocycles. The van der Waals surface area contributed by atoms with Crippen LogP contribution in [0, 0.1) is 10.1 Å². The number of ether oxygens (including phenoxy) is 1. The van der Waals surface area contributed by atoms with E-state index in [-0.39, 0.29) is 5.75 Å². The Bertz CT molecular complexity index is 1230. The first-order chi connectivity index (χ1) is 13.6. The Labute approximate surface area is 157 Å². The van der Waals surface area contributed by atoms with Crippen molar-refractivity contribution in [2.24, 2.45) is 5.10 Å². The number of hydrazone groups is 1. The molecule has 0 atom stereocenters. The first-order valence-electron chi connectivity index (χ1n) is 8.05. The normalized spacial score (nSPS) is 11.3. The summed E-state index contributed by atoms with van der Waals surface area (Å²) in [6, 6.07) is 10.1. The van der Waals surface area contributed by atoms with Crippen molar-refractivity contribution in [2.45, 2.75) is 0 Å². The molecule has 0 aliphatic carbocycles. The number of hydrogen-bond acceptors (Lipinski definition) is 9. The van der Waals surface area contributed by atoms with Crippen LogP contribution in [0.3, 0.4) is 0 Å². The zero-order valence-corrected chi connectivity index (χ0v) is 14.5. The van der Waals surface area contributed by atoms with Gasteiger partial charge < -0.3 is 14.3 Å². The lowest BCUT2D eigenvalue weighted by Gasteiger charge is -2.05. The van der Waals surface area contributed by atoms with E-state index < -0.39 is 16.4 Å². The van der Waals surface area contributed by atoms with E-state index in [9.17, 15) is 15.2 Å². The Balaban J connectivity index is 1.67. The number of phenolic OH excluding ortho intramolecular Hbond substituents is 1. The predicted molar refractivity (Wildman–Crippen MR) is 102 cm³/mol. The molecule has 10 heteroatoms. The number of nitrogens with one attached hydrogen (secondary N) is 1. The van der Waals surface area contributed by atoms with Gasteiger partial charge in [0.05, 0.1) is 18.2 Å². The molecule has 10 nitrogen and oxygen atoms in total. The van der Waals surface area contributed by atoms with E-state index in [1.54, 1.807) is 0 Å². The molecule has 4 rings (SSSR count). The van der Waals surface area contributed by atoms with Gasteiger partial charge in [-0.15, -0.1) is 0 Å². The van der Waals surface area contributed by atoms with Gasteiger partial charge in [-0.25, -0.2) is 9.97 Å². The zero-order valence-electron chi connectivity index (χ0n) is 14.5. The summed E-state index contributed by atoms with van der Waals surface area (Å²) in [5, 5.41) is 25.8.